The van der Waals surface area contributed by atoms with Gasteiger partial charge in [0.2, 0.25) is 15.9 Å². The van der Waals surface area contributed by atoms with Gasteiger partial charge in [0, 0.05) is 26.1 Å². The molecule has 0 radical (unpaired) electrons. The summed E-state index contributed by atoms with van der Waals surface area (Å²) < 4.78 is 24.5. The molecule has 1 aliphatic heterocycles. The van der Waals surface area contributed by atoms with E-state index >= 15 is 0 Å². The maximum atomic E-state index is 12.1. The third-order valence-electron chi connectivity index (χ3n) is 4.89. The van der Waals surface area contributed by atoms with E-state index in [4.69, 9.17) is 0 Å². The Kier molecular flexibility index (Phi) is 7.11. The van der Waals surface area contributed by atoms with Gasteiger partial charge in [0.1, 0.15) is 0 Å². The Morgan fingerprint density at radius 3 is 2.59 bits per heavy atom. The van der Waals surface area contributed by atoms with Gasteiger partial charge in [0.25, 0.3) is 0 Å². The SMILES string of the molecule is CCS(=O)(=O)N(C)CCCNC(=O)C1CC12CCNCC2.Cl. The van der Waals surface area contributed by atoms with Crippen LogP contribution in [0.25, 0.3) is 0 Å². The Morgan fingerprint density at radius 2 is 2.00 bits per heavy atom. The fourth-order valence-electron chi connectivity index (χ4n) is 3.19. The molecule has 2 rings (SSSR count). The maximum Gasteiger partial charge on any atom is 0.223 e. The minimum Gasteiger partial charge on any atom is -0.356 e. The molecule has 1 heterocycles. The van der Waals surface area contributed by atoms with E-state index in [2.05, 4.69) is 10.6 Å². The van der Waals surface area contributed by atoms with E-state index in [9.17, 15) is 13.2 Å². The van der Waals surface area contributed by atoms with E-state index in [-0.39, 0.29) is 35.4 Å². The molecule has 0 aromatic carbocycles. The third kappa shape index (κ3) is 4.57. The van der Waals surface area contributed by atoms with Crippen molar-refractivity contribution >= 4 is 28.3 Å². The Balaban J connectivity index is 0.00000242. The number of halogens is 1. The topological polar surface area (TPSA) is 78.5 Å². The van der Waals surface area contributed by atoms with Crippen molar-refractivity contribution in [2.24, 2.45) is 11.3 Å². The van der Waals surface area contributed by atoms with Crippen molar-refractivity contribution in [1.82, 2.24) is 14.9 Å². The highest BCUT2D eigenvalue weighted by atomic mass is 35.5. The molecule has 0 aromatic heterocycles. The second-order valence-corrected chi connectivity index (χ2v) is 8.60. The predicted molar refractivity (Wildman–Crippen MR) is 89.6 cm³/mol. The van der Waals surface area contributed by atoms with Crippen LogP contribution in [0.3, 0.4) is 0 Å². The van der Waals surface area contributed by atoms with Crippen LogP contribution in [-0.4, -0.2) is 57.6 Å². The summed E-state index contributed by atoms with van der Waals surface area (Å²) in [5.74, 6) is 0.448. The number of hydrogen-bond donors (Lipinski definition) is 2. The summed E-state index contributed by atoms with van der Waals surface area (Å²) in [6.45, 7) is 4.68. The lowest BCUT2D eigenvalue weighted by molar-refractivity contribution is -0.123. The van der Waals surface area contributed by atoms with Crippen molar-refractivity contribution in [3.05, 3.63) is 0 Å². The zero-order valence-corrected chi connectivity index (χ0v) is 15.1. The first-order valence-electron chi connectivity index (χ1n) is 7.84. The number of piperidine rings is 1. The molecule has 22 heavy (non-hydrogen) atoms. The molecule has 2 aliphatic rings. The van der Waals surface area contributed by atoms with Gasteiger partial charge in [-0.25, -0.2) is 12.7 Å². The molecule has 1 atom stereocenters. The molecule has 1 unspecified atom stereocenters. The van der Waals surface area contributed by atoms with E-state index in [1.807, 2.05) is 0 Å². The fourth-order valence-corrected chi connectivity index (χ4v) is 4.04. The van der Waals surface area contributed by atoms with Crippen LogP contribution in [0.5, 0.6) is 0 Å². The molecular weight excluding hydrogens is 326 g/mol. The minimum atomic E-state index is -3.11. The molecule has 2 fully saturated rings. The molecular formula is C14H28ClN3O3S. The lowest BCUT2D eigenvalue weighted by Crippen LogP contribution is -2.35. The molecule has 1 spiro atoms. The van der Waals surface area contributed by atoms with Crippen LogP contribution in [-0.2, 0) is 14.8 Å². The molecule has 1 saturated heterocycles. The first-order chi connectivity index (χ1) is 9.91. The third-order valence-corrected chi connectivity index (χ3v) is 6.76. The van der Waals surface area contributed by atoms with Gasteiger partial charge in [-0.05, 0) is 51.1 Å². The normalized spacial score (nSPS) is 23.1. The number of nitrogens with zero attached hydrogens (tertiary/aromatic N) is 1. The number of hydrogen-bond acceptors (Lipinski definition) is 4. The second-order valence-electron chi connectivity index (χ2n) is 6.24. The highest BCUT2D eigenvalue weighted by Gasteiger charge is 2.57. The van der Waals surface area contributed by atoms with Crippen LogP contribution in [0.4, 0.5) is 0 Å². The maximum absolute atomic E-state index is 12.1. The summed E-state index contributed by atoms with van der Waals surface area (Å²) in [4.78, 5) is 12.1. The summed E-state index contributed by atoms with van der Waals surface area (Å²) in [5, 5.41) is 6.29. The average Bonchev–Trinajstić information content (AvgIpc) is 3.17. The lowest BCUT2D eigenvalue weighted by Gasteiger charge is -2.23. The molecule has 2 N–H and O–H groups in total. The van der Waals surface area contributed by atoms with Crippen LogP contribution >= 0.6 is 12.4 Å². The van der Waals surface area contributed by atoms with Gasteiger partial charge in [0.15, 0.2) is 0 Å². The Bertz CT molecular complexity index is 478. The molecule has 130 valence electrons. The van der Waals surface area contributed by atoms with E-state index in [1.54, 1.807) is 14.0 Å². The van der Waals surface area contributed by atoms with Crippen LogP contribution in [0, 0.1) is 11.3 Å². The highest BCUT2D eigenvalue weighted by molar-refractivity contribution is 7.89. The quantitative estimate of drug-likeness (QED) is 0.656. The number of amides is 1. The van der Waals surface area contributed by atoms with E-state index in [0.29, 0.717) is 19.5 Å². The first kappa shape index (κ1) is 19.7. The van der Waals surface area contributed by atoms with Gasteiger partial charge in [-0.2, -0.15) is 0 Å². The van der Waals surface area contributed by atoms with Crippen molar-refractivity contribution in [3.63, 3.8) is 0 Å². The number of carbonyl (C=O) groups is 1. The summed E-state index contributed by atoms with van der Waals surface area (Å²) in [7, 11) is -1.52. The van der Waals surface area contributed by atoms with E-state index < -0.39 is 10.0 Å². The monoisotopic (exact) mass is 353 g/mol. The number of carbonyl (C=O) groups excluding carboxylic acids is 1. The number of nitrogens with one attached hydrogen (secondary N) is 2. The molecule has 0 aromatic rings. The second kappa shape index (κ2) is 7.95. The van der Waals surface area contributed by atoms with Crippen molar-refractivity contribution < 1.29 is 13.2 Å². The van der Waals surface area contributed by atoms with Gasteiger partial charge in [0.05, 0.1) is 5.75 Å². The Morgan fingerprint density at radius 1 is 1.36 bits per heavy atom. The van der Waals surface area contributed by atoms with Crippen LogP contribution < -0.4 is 10.6 Å². The van der Waals surface area contributed by atoms with Gasteiger partial charge >= 0.3 is 0 Å². The van der Waals surface area contributed by atoms with Crippen molar-refractivity contribution in [2.75, 3.05) is 39.0 Å². The largest absolute Gasteiger partial charge is 0.356 e. The van der Waals surface area contributed by atoms with Crippen LogP contribution in [0.1, 0.15) is 32.6 Å². The van der Waals surface area contributed by atoms with Crippen molar-refractivity contribution in [2.45, 2.75) is 32.6 Å². The van der Waals surface area contributed by atoms with Crippen LogP contribution in [0.2, 0.25) is 0 Å². The molecule has 1 aliphatic carbocycles. The van der Waals surface area contributed by atoms with Crippen LogP contribution in [0.15, 0.2) is 0 Å². The standard InChI is InChI=1S/C14H27N3O3S.ClH/c1-3-21(19,20)17(2)10-4-7-16-13(18)12-11-14(12)5-8-15-9-6-14;/h12,15H,3-11H2,1-2H3,(H,16,18);1H. The predicted octanol–water partition coefficient (Wildman–Crippen LogP) is 0.586. The Hall–Kier alpha value is -0.370. The molecule has 1 amide bonds. The number of sulfonamides is 1. The van der Waals surface area contributed by atoms with Gasteiger partial charge < -0.3 is 10.6 Å². The first-order valence-corrected chi connectivity index (χ1v) is 9.45. The zero-order chi connectivity index (χ0) is 15.5. The van der Waals surface area contributed by atoms with E-state index in [1.165, 1.54) is 4.31 Å². The van der Waals surface area contributed by atoms with E-state index in [0.717, 1.165) is 32.4 Å². The molecule has 0 bridgehead atoms. The summed E-state index contributed by atoms with van der Waals surface area (Å²) in [6.07, 6.45) is 3.87. The lowest BCUT2D eigenvalue weighted by atomic mass is 9.92. The number of rotatable bonds is 7. The average molecular weight is 354 g/mol. The smallest absolute Gasteiger partial charge is 0.223 e. The molecule has 6 nitrogen and oxygen atoms in total. The summed E-state index contributed by atoms with van der Waals surface area (Å²) >= 11 is 0. The summed E-state index contributed by atoms with van der Waals surface area (Å²) in [6, 6.07) is 0. The van der Waals surface area contributed by atoms with Crippen molar-refractivity contribution in [3.8, 4) is 0 Å². The van der Waals surface area contributed by atoms with Gasteiger partial charge in [-0.15, -0.1) is 12.4 Å². The molecule has 1 saturated carbocycles. The summed E-state index contributed by atoms with van der Waals surface area (Å²) in [5.41, 5.74) is 0.262. The Labute approximate surface area is 139 Å². The van der Waals surface area contributed by atoms with Crippen molar-refractivity contribution in [1.29, 1.82) is 0 Å². The van der Waals surface area contributed by atoms with Gasteiger partial charge in [-0.1, -0.05) is 0 Å². The molecule has 8 heteroatoms. The van der Waals surface area contributed by atoms with Gasteiger partial charge in [-0.3, -0.25) is 4.79 Å². The fraction of sp³-hybridized carbons (Fsp3) is 0.929. The minimum absolute atomic E-state index is 0. The highest BCUT2D eigenvalue weighted by Crippen LogP contribution is 2.58. The zero-order valence-electron chi connectivity index (χ0n) is 13.4.